The summed E-state index contributed by atoms with van der Waals surface area (Å²) < 4.78 is 43.2. The fourth-order valence-electron chi connectivity index (χ4n) is 2.88. The molecule has 0 unspecified atom stereocenters. The van der Waals surface area contributed by atoms with Crippen molar-refractivity contribution in [3.8, 4) is 17.2 Å². The molecule has 0 aromatic heterocycles. The lowest BCUT2D eigenvalue weighted by Crippen LogP contribution is -2.49. The Morgan fingerprint density at radius 2 is 1.96 bits per heavy atom. The number of guanidine groups is 1. The summed E-state index contributed by atoms with van der Waals surface area (Å²) >= 11 is 0. The van der Waals surface area contributed by atoms with Crippen molar-refractivity contribution in [1.29, 1.82) is 0 Å². The van der Waals surface area contributed by atoms with Crippen molar-refractivity contribution >= 4 is 16.0 Å². The van der Waals surface area contributed by atoms with Crippen LogP contribution < -0.4 is 24.2 Å². The highest BCUT2D eigenvalue weighted by Crippen LogP contribution is 2.32. The second-order valence-corrected chi connectivity index (χ2v) is 7.96. The molecule has 0 fully saturated rings. The van der Waals surface area contributed by atoms with E-state index in [0.29, 0.717) is 25.6 Å². The van der Waals surface area contributed by atoms with Crippen LogP contribution in [0.1, 0.15) is 5.56 Å². The molecule has 0 saturated heterocycles. The van der Waals surface area contributed by atoms with Gasteiger partial charge >= 0.3 is 0 Å². The maximum absolute atomic E-state index is 12.5. The molecule has 0 aliphatic carbocycles. The molecule has 2 aliphatic heterocycles. The van der Waals surface area contributed by atoms with Crippen LogP contribution in [-0.4, -0.2) is 46.5 Å². The predicted molar refractivity (Wildman–Crippen MR) is 102 cm³/mol. The first-order chi connectivity index (χ1) is 13.5. The maximum Gasteiger partial charge on any atom is 0.264 e. The minimum atomic E-state index is -3.72. The number of hydrogen-bond donors (Lipinski definition) is 2. The summed E-state index contributed by atoms with van der Waals surface area (Å²) in [4.78, 5) is 6.45. The zero-order valence-corrected chi connectivity index (χ0v) is 16.0. The number of benzene rings is 2. The first kappa shape index (κ1) is 18.4. The van der Waals surface area contributed by atoms with Crippen molar-refractivity contribution in [3.05, 3.63) is 48.0 Å². The van der Waals surface area contributed by atoms with Crippen molar-refractivity contribution < 1.29 is 22.6 Å². The van der Waals surface area contributed by atoms with Crippen molar-refractivity contribution in [1.82, 2.24) is 14.9 Å². The summed E-state index contributed by atoms with van der Waals surface area (Å²) in [7, 11) is -2.19. The molecule has 2 heterocycles. The lowest BCUT2D eigenvalue weighted by atomic mass is 10.2. The zero-order valence-electron chi connectivity index (χ0n) is 15.2. The van der Waals surface area contributed by atoms with Crippen molar-refractivity contribution in [2.75, 3.05) is 27.2 Å². The van der Waals surface area contributed by atoms with Crippen LogP contribution in [0.15, 0.2) is 52.4 Å². The van der Waals surface area contributed by atoms with Gasteiger partial charge in [0.15, 0.2) is 11.5 Å². The van der Waals surface area contributed by atoms with E-state index in [2.05, 4.69) is 15.0 Å². The Balaban J connectivity index is 1.37. The highest BCUT2D eigenvalue weighted by molar-refractivity contribution is 7.90. The first-order valence-electron chi connectivity index (χ1n) is 8.59. The van der Waals surface area contributed by atoms with Gasteiger partial charge in [-0.05, 0) is 42.0 Å². The molecule has 2 aliphatic rings. The minimum Gasteiger partial charge on any atom is -0.497 e. The molecular weight excluding hydrogens is 384 g/mol. The number of sulfonamides is 1. The highest BCUT2D eigenvalue weighted by Gasteiger charge is 2.20. The van der Waals surface area contributed by atoms with E-state index in [1.165, 1.54) is 19.2 Å². The third-order valence-electron chi connectivity index (χ3n) is 4.34. The van der Waals surface area contributed by atoms with Gasteiger partial charge in [0, 0.05) is 6.54 Å². The number of nitrogens with zero attached hydrogens (tertiary/aromatic N) is 2. The number of aliphatic imine (C=N–C) groups is 1. The van der Waals surface area contributed by atoms with Crippen LogP contribution in [0.3, 0.4) is 0 Å². The Kier molecular flexibility index (Phi) is 4.97. The molecule has 10 heteroatoms. The molecule has 0 radical (unpaired) electrons. The molecule has 9 nitrogen and oxygen atoms in total. The van der Waals surface area contributed by atoms with Gasteiger partial charge in [-0.25, -0.2) is 18.1 Å². The fourth-order valence-corrected chi connectivity index (χ4v) is 3.88. The van der Waals surface area contributed by atoms with E-state index in [-0.39, 0.29) is 17.6 Å². The van der Waals surface area contributed by atoms with Crippen LogP contribution >= 0.6 is 0 Å². The third-order valence-corrected chi connectivity index (χ3v) is 5.70. The van der Waals surface area contributed by atoms with E-state index >= 15 is 0 Å². The Morgan fingerprint density at radius 3 is 2.68 bits per heavy atom. The number of rotatable bonds is 5. The van der Waals surface area contributed by atoms with Gasteiger partial charge in [-0.3, -0.25) is 4.90 Å². The second-order valence-electron chi connectivity index (χ2n) is 6.28. The van der Waals surface area contributed by atoms with Gasteiger partial charge in [0.25, 0.3) is 10.0 Å². The van der Waals surface area contributed by atoms with E-state index < -0.39 is 10.0 Å². The van der Waals surface area contributed by atoms with Crippen molar-refractivity contribution in [3.63, 3.8) is 0 Å². The summed E-state index contributed by atoms with van der Waals surface area (Å²) in [6.45, 7) is 1.71. The molecule has 0 amide bonds. The molecule has 0 atom stereocenters. The Labute approximate surface area is 163 Å². The molecule has 2 aromatic rings. The summed E-state index contributed by atoms with van der Waals surface area (Å²) in [5, 5.41) is 3.00. The van der Waals surface area contributed by atoms with Gasteiger partial charge in [0.1, 0.15) is 5.75 Å². The van der Waals surface area contributed by atoms with Crippen molar-refractivity contribution in [2.45, 2.75) is 11.4 Å². The Morgan fingerprint density at radius 1 is 1.18 bits per heavy atom. The Bertz CT molecular complexity index is 992. The van der Waals surface area contributed by atoms with Crippen LogP contribution in [-0.2, 0) is 16.6 Å². The van der Waals surface area contributed by atoms with Crippen LogP contribution in [0.25, 0.3) is 0 Å². The molecular formula is C18H20N4O5S. The van der Waals surface area contributed by atoms with Gasteiger partial charge < -0.3 is 19.5 Å². The van der Waals surface area contributed by atoms with E-state index in [9.17, 15) is 8.42 Å². The molecule has 0 bridgehead atoms. The van der Waals surface area contributed by atoms with Crippen molar-refractivity contribution in [2.24, 2.45) is 4.99 Å². The fraction of sp³-hybridized carbons (Fsp3) is 0.278. The van der Waals surface area contributed by atoms with Gasteiger partial charge in [-0.1, -0.05) is 6.07 Å². The summed E-state index contributed by atoms with van der Waals surface area (Å²) in [6, 6.07) is 11.9. The van der Waals surface area contributed by atoms with E-state index in [0.717, 1.165) is 17.1 Å². The van der Waals surface area contributed by atoms with Crippen LogP contribution in [0.2, 0.25) is 0 Å². The first-order valence-corrected chi connectivity index (χ1v) is 10.1. The number of hydrogen-bond acceptors (Lipinski definition) is 8. The Hall–Kier alpha value is -2.98. The van der Waals surface area contributed by atoms with Gasteiger partial charge in [0.2, 0.25) is 12.8 Å². The SMILES string of the molecule is COc1ccc(S(=O)(=O)NC2=NCN(Cc3ccc4c(c3)OCO4)CN2)cc1. The third kappa shape index (κ3) is 3.97. The topological polar surface area (TPSA) is 101 Å². The number of methoxy groups -OCH3 is 1. The zero-order chi connectivity index (χ0) is 19.6. The van der Waals surface area contributed by atoms with Crippen LogP contribution in [0, 0.1) is 0 Å². The normalized spacial score (nSPS) is 16.2. The van der Waals surface area contributed by atoms with Crippen LogP contribution in [0.5, 0.6) is 17.2 Å². The largest absolute Gasteiger partial charge is 0.497 e. The molecule has 0 saturated carbocycles. The number of fused-ring (bicyclic) bond motifs is 1. The standard InChI is InChI=1S/C18H20N4O5S/c1-25-14-3-5-15(6-4-14)28(23,24)21-18-19-10-22(11-20-18)9-13-2-7-16-17(8-13)27-12-26-16/h2-8H,9-12H2,1H3,(H2,19,20,21). The summed E-state index contributed by atoms with van der Waals surface area (Å²) in [5.74, 6) is 2.29. The smallest absolute Gasteiger partial charge is 0.264 e. The average molecular weight is 404 g/mol. The number of ether oxygens (including phenoxy) is 3. The second kappa shape index (κ2) is 7.56. The van der Waals surface area contributed by atoms with Gasteiger partial charge in [0.05, 0.1) is 25.3 Å². The lowest BCUT2D eigenvalue weighted by Gasteiger charge is -2.27. The quantitative estimate of drug-likeness (QED) is 0.769. The monoisotopic (exact) mass is 404 g/mol. The summed E-state index contributed by atoms with van der Waals surface area (Å²) in [6.07, 6.45) is 0. The van der Waals surface area contributed by atoms with E-state index in [1.807, 2.05) is 23.1 Å². The molecule has 4 rings (SSSR count). The number of nitrogens with one attached hydrogen (secondary N) is 2. The van der Waals surface area contributed by atoms with E-state index in [4.69, 9.17) is 14.2 Å². The van der Waals surface area contributed by atoms with Gasteiger partial charge in [-0.15, -0.1) is 0 Å². The highest BCUT2D eigenvalue weighted by atomic mass is 32.2. The average Bonchev–Trinajstić information content (AvgIpc) is 3.17. The summed E-state index contributed by atoms with van der Waals surface area (Å²) in [5.41, 5.74) is 1.06. The van der Waals surface area contributed by atoms with Gasteiger partial charge in [-0.2, -0.15) is 0 Å². The molecule has 148 valence electrons. The van der Waals surface area contributed by atoms with Crippen LogP contribution in [0.4, 0.5) is 0 Å². The van der Waals surface area contributed by atoms with E-state index in [1.54, 1.807) is 12.1 Å². The lowest BCUT2D eigenvalue weighted by molar-refractivity contribution is 0.174. The minimum absolute atomic E-state index is 0.139. The predicted octanol–water partition coefficient (Wildman–Crippen LogP) is 1.08. The maximum atomic E-state index is 12.5. The molecule has 2 N–H and O–H groups in total. The molecule has 2 aromatic carbocycles. The molecule has 0 spiro atoms. The molecule has 28 heavy (non-hydrogen) atoms.